The van der Waals surface area contributed by atoms with E-state index in [4.69, 9.17) is 5.11 Å². The highest BCUT2D eigenvalue weighted by molar-refractivity contribution is 9.09. The second-order valence-electron chi connectivity index (χ2n) is 3.51. The minimum atomic E-state index is -0.929. The lowest BCUT2D eigenvalue weighted by Crippen LogP contribution is -1.93. The lowest BCUT2D eigenvalue weighted by molar-refractivity contribution is 0.0699. The first-order chi connectivity index (χ1) is 8.22. The Morgan fingerprint density at radius 2 is 2.29 bits per heavy atom. The number of hydrogen-bond donors (Lipinski definition) is 2. The summed E-state index contributed by atoms with van der Waals surface area (Å²) in [6, 6.07) is 5.53. The average molecular weight is 292 g/mol. The molecule has 0 amide bonds. The number of hydrogen-bond acceptors (Lipinski definition) is 1. The third-order valence-electron chi connectivity index (χ3n) is 2.36. The number of carbonyl (C=O) groups is 1. The van der Waals surface area contributed by atoms with Gasteiger partial charge in [0.25, 0.3) is 0 Å². The van der Waals surface area contributed by atoms with Crippen LogP contribution in [0.25, 0.3) is 10.9 Å². The number of carboxylic acids is 1. The summed E-state index contributed by atoms with van der Waals surface area (Å²) in [5.41, 5.74) is 1.93. The van der Waals surface area contributed by atoms with Crippen molar-refractivity contribution < 1.29 is 9.90 Å². The van der Waals surface area contributed by atoms with E-state index in [1.807, 2.05) is 12.1 Å². The van der Waals surface area contributed by atoms with Crippen LogP contribution in [0.2, 0.25) is 0 Å². The molecule has 0 fully saturated rings. The SMILES string of the molecule is O=C(O)c1c[nH]c2ccc(C#CCCBr)cc12. The minimum Gasteiger partial charge on any atom is -0.478 e. The summed E-state index contributed by atoms with van der Waals surface area (Å²) in [6.45, 7) is 0. The second kappa shape index (κ2) is 5.07. The topological polar surface area (TPSA) is 53.1 Å². The first-order valence-electron chi connectivity index (χ1n) is 5.11. The van der Waals surface area contributed by atoms with Crippen molar-refractivity contribution in [1.29, 1.82) is 0 Å². The van der Waals surface area contributed by atoms with E-state index in [1.165, 1.54) is 6.20 Å². The number of carboxylic acid groups (broad SMARTS) is 1. The molecule has 17 heavy (non-hydrogen) atoms. The summed E-state index contributed by atoms with van der Waals surface area (Å²) in [4.78, 5) is 13.9. The van der Waals surface area contributed by atoms with Crippen LogP contribution in [-0.4, -0.2) is 21.4 Å². The maximum atomic E-state index is 11.0. The molecule has 2 aromatic rings. The fourth-order valence-corrected chi connectivity index (χ4v) is 1.79. The van der Waals surface area contributed by atoms with E-state index in [-0.39, 0.29) is 5.56 Å². The normalized spacial score (nSPS) is 9.94. The van der Waals surface area contributed by atoms with Crippen LogP contribution >= 0.6 is 15.9 Å². The van der Waals surface area contributed by atoms with Crippen LogP contribution in [0.15, 0.2) is 24.4 Å². The number of alkyl halides is 1. The van der Waals surface area contributed by atoms with Gasteiger partial charge in [-0.3, -0.25) is 0 Å². The zero-order valence-corrected chi connectivity index (χ0v) is 10.5. The maximum absolute atomic E-state index is 11.0. The van der Waals surface area contributed by atoms with E-state index in [0.717, 1.165) is 22.8 Å². The quantitative estimate of drug-likeness (QED) is 0.660. The van der Waals surface area contributed by atoms with E-state index in [2.05, 4.69) is 32.8 Å². The Labute approximate surface area is 107 Å². The molecular weight excluding hydrogens is 282 g/mol. The number of aromatic amines is 1. The van der Waals surface area contributed by atoms with Crippen molar-refractivity contribution in [3.05, 3.63) is 35.5 Å². The third kappa shape index (κ3) is 2.51. The van der Waals surface area contributed by atoms with E-state index < -0.39 is 5.97 Å². The number of aromatic carboxylic acids is 1. The number of nitrogens with one attached hydrogen (secondary N) is 1. The fourth-order valence-electron chi connectivity index (χ4n) is 1.59. The zero-order valence-electron chi connectivity index (χ0n) is 8.96. The van der Waals surface area contributed by atoms with Crippen molar-refractivity contribution in [3.8, 4) is 11.8 Å². The van der Waals surface area contributed by atoms with E-state index in [1.54, 1.807) is 6.07 Å². The van der Waals surface area contributed by atoms with Gasteiger partial charge in [0, 0.05) is 34.4 Å². The van der Waals surface area contributed by atoms with Gasteiger partial charge < -0.3 is 10.1 Å². The van der Waals surface area contributed by atoms with Crippen molar-refractivity contribution in [2.45, 2.75) is 6.42 Å². The predicted molar refractivity (Wildman–Crippen MR) is 70.5 cm³/mol. The molecule has 0 saturated carbocycles. The smallest absolute Gasteiger partial charge is 0.337 e. The molecule has 86 valence electrons. The molecule has 0 radical (unpaired) electrons. The molecule has 0 saturated heterocycles. The van der Waals surface area contributed by atoms with Crippen molar-refractivity contribution in [3.63, 3.8) is 0 Å². The molecule has 0 aliphatic rings. The summed E-state index contributed by atoms with van der Waals surface area (Å²) in [5.74, 6) is 5.08. The van der Waals surface area contributed by atoms with Gasteiger partial charge in [-0.05, 0) is 18.2 Å². The first-order valence-corrected chi connectivity index (χ1v) is 6.24. The van der Waals surface area contributed by atoms with Crippen LogP contribution in [0.5, 0.6) is 0 Å². The molecule has 2 rings (SSSR count). The zero-order chi connectivity index (χ0) is 12.3. The molecule has 0 aliphatic heterocycles. The van der Waals surface area contributed by atoms with Crippen LogP contribution < -0.4 is 0 Å². The Kier molecular flexibility index (Phi) is 3.50. The molecule has 1 aromatic carbocycles. The molecule has 2 N–H and O–H groups in total. The van der Waals surface area contributed by atoms with Crippen LogP contribution in [0.3, 0.4) is 0 Å². The molecule has 1 heterocycles. The summed E-state index contributed by atoms with van der Waals surface area (Å²) < 4.78 is 0. The molecule has 0 unspecified atom stereocenters. The molecule has 0 aliphatic carbocycles. The molecule has 4 heteroatoms. The summed E-state index contributed by atoms with van der Waals surface area (Å²) >= 11 is 3.30. The average Bonchev–Trinajstić information content (AvgIpc) is 2.72. The molecule has 1 aromatic heterocycles. The van der Waals surface area contributed by atoms with Gasteiger partial charge in [0.15, 0.2) is 0 Å². The minimum absolute atomic E-state index is 0.282. The molecule has 0 bridgehead atoms. The van der Waals surface area contributed by atoms with Crippen LogP contribution in [0, 0.1) is 11.8 Å². The fraction of sp³-hybridized carbons (Fsp3) is 0.154. The van der Waals surface area contributed by atoms with Crippen molar-refractivity contribution in [2.24, 2.45) is 0 Å². The van der Waals surface area contributed by atoms with Crippen molar-refractivity contribution >= 4 is 32.8 Å². The Morgan fingerprint density at radius 1 is 1.47 bits per heavy atom. The Balaban J connectivity index is 2.45. The maximum Gasteiger partial charge on any atom is 0.337 e. The van der Waals surface area contributed by atoms with E-state index in [9.17, 15) is 4.79 Å². The highest BCUT2D eigenvalue weighted by Gasteiger charge is 2.09. The predicted octanol–water partition coefficient (Wildman–Crippen LogP) is 3.00. The second-order valence-corrected chi connectivity index (χ2v) is 4.30. The monoisotopic (exact) mass is 291 g/mol. The molecular formula is C13H10BrNO2. The first kappa shape index (κ1) is 11.7. The van der Waals surface area contributed by atoms with Gasteiger partial charge >= 0.3 is 5.97 Å². The van der Waals surface area contributed by atoms with Crippen molar-refractivity contribution in [2.75, 3.05) is 5.33 Å². The van der Waals surface area contributed by atoms with Gasteiger partial charge in [-0.2, -0.15) is 0 Å². The summed E-state index contributed by atoms with van der Waals surface area (Å²) in [7, 11) is 0. The van der Waals surface area contributed by atoms with Crippen LogP contribution in [0.4, 0.5) is 0 Å². The lowest BCUT2D eigenvalue weighted by Gasteiger charge is -1.94. The number of benzene rings is 1. The van der Waals surface area contributed by atoms with E-state index >= 15 is 0 Å². The van der Waals surface area contributed by atoms with Crippen LogP contribution in [0.1, 0.15) is 22.3 Å². The van der Waals surface area contributed by atoms with Gasteiger partial charge in [0.05, 0.1) is 5.56 Å². The van der Waals surface area contributed by atoms with E-state index in [0.29, 0.717) is 5.39 Å². The van der Waals surface area contributed by atoms with Gasteiger partial charge in [0.1, 0.15) is 0 Å². The van der Waals surface area contributed by atoms with Gasteiger partial charge in [-0.25, -0.2) is 4.79 Å². The van der Waals surface area contributed by atoms with Crippen LogP contribution in [-0.2, 0) is 0 Å². The summed E-state index contributed by atoms with van der Waals surface area (Å²) in [6.07, 6.45) is 2.28. The Morgan fingerprint density at radius 3 is 3.00 bits per heavy atom. The molecule has 0 atom stereocenters. The van der Waals surface area contributed by atoms with Crippen molar-refractivity contribution in [1.82, 2.24) is 4.98 Å². The number of aromatic nitrogens is 1. The molecule has 0 spiro atoms. The molecule has 3 nitrogen and oxygen atoms in total. The van der Waals surface area contributed by atoms with Gasteiger partial charge in [-0.15, -0.1) is 0 Å². The van der Waals surface area contributed by atoms with Gasteiger partial charge in [0.2, 0.25) is 0 Å². The largest absolute Gasteiger partial charge is 0.478 e. The number of rotatable bonds is 2. The Hall–Kier alpha value is -1.73. The number of fused-ring (bicyclic) bond motifs is 1. The highest BCUT2D eigenvalue weighted by atomic mass is 79.9. The number of halogens is 1. The standard InChI is InChI=1S/C13H10BrNO2/c14-6-2-1-3-9-4-5-12-10(7-9)11(8-15-12)13(16)17/h4-5,7-8,15H,2,6H2,(H,16,17). The third-order valence-corrected chi connectivity index (χ3v) is 2.76. The number of H-pyrrole nitrogens is 1. The summed E-state index contributed by atoms with van der Waals surface area (Å²) in [5, 5.41) is 10.6. The lowest BCUT2D eigenvalue weighted by atomic mass is 10.1. The highest BCUT2D eigenvalue weighted by Crippen LogP contribution is 2.19. The Bertz CT molecular complexity index is 619. The van der Waals surface area contributed by atoms with Gasteiger partial charge in [-0.1, -0.05) is 27.8 Å².